The van der Waals surface area contributed by atoms with Crippen LogP contribution >= 0.6 is 0 Å². The normalized spacial score (nSPS) is 6.00. The average molecular weight is 104 g/mol. The molecule has 0 atom stereocenters. The van der Waals surface area contributed by atoms with Gasteiger partial charge in [-0.15, -0.1) is 0 Å². The maximum atomic E-state index is 7.62. The van der Waals surface area contributed by atoms with Crippen molar-refractivity contribution < 1.29 is 13.1 Å². The van der Waals surface area contributed by atoms with Crippen molar-refractivity contribution in [3.63, 3.8) is 0 Å². The molecule has 0 aliphatic rings. The summed E-state index contributed by atoms with van der Waals surface area (Å²) in [6, 6.07) is 0. The van der Waals surface area contributed by atoms with Crippen LogP contribution in [-0.2, 0) is 0 Å². The second kappa shape index (κ2) is 8.95. The molecule has 30 valence electrons. The van der Waals surface area contributed by atoms with Crippen LogP contribution in [0.3, 0.4) is 0 Å². The fourth-order valence-corrected chi connectivity index (χ4v) is 0. The van der Waals surface area contributed by atoms with Gasteiger partial charge in [0.05, 0.1) is 13.2 Å². The molecule has 0 aromatic heterocycles. The maximum absolute atomic E-state index is 7.62. The molecule has 2 N–H and O–H groups in total. The van der Waals surface area contributed by atoms with Crippen molar-refractivity contribution in [2.75, 3.05) is 13.2 Å². The summed E-state index contributed by atoms with van der Waals surface area (Å²) in [7, 11) is 0. The first-order valence-electron chi connectivity index (χ1n) is 1.13. The van der Waals surface area contributed by atoms with Gasteiger partial charge in [-0.25, -0.2) is 0 Å². The zero-order valence-electron chi connectivity index (χ0n) is 5.02. The van der Waals surface area contributed by atoms with E-state index in [2.05, 4.69) is 0 Å². The number of aliphatic hydroxyl groups is 2. The summed E-state index contributed by atoms with van der Waals surface area (Å²) in [5.41, 5.74) is 0. The van der Waals surface area contributed by atoms with E-state index in [4.69, 9.17) is 10.2 Å². The summed E-state index contributed by atoms with van der Waals surface area (Å²) >= 11 is 0. The Labute approximate surface area is 63.8 Å². The molecule has 0 saturated heterocycles. The van der Waals surface area contributed by atoms with Gasteiger partial charge in [0.15, 0.2) is 0 Å². The molecule has 0 heterocycles. The van der Waals surface area contributed by atoms with E-state index in [0.717, 1.165) is 0 Å². The van der Waals surface area contributed by atoms with Gasteiger partial charge in [0.1, 0.15) is 0 Å². The van der Waals surface area contributed by atoms with Gasteiger partial charge in [-0.05, 0) is 0 Å². The Morgan fingerprint density at radius 1 is 1.20 bits per heavy atom. The summed E-state index contributed by atoms with van der Waals surface area (Å²) in [6.45, 7) is -0.250. The second-order valence-corrected chi connectivity index (χ2v) is 0.447. The van der Waals surface area contributed by atoms with E-state index in [9.17, 15) is 0 Å². The Morgan fingerprint density at radius 2 is 1.40 bits per heavy atom. The van der Waals surface area contributed by atoms with Gasteiger partial charge in [0.25, 0.3) is 0 Å². The van der Waals surface area contributed by atoms with Crippen LogP contribution in [0.2, 0.25) is 0 Å². The third kappa shape index (κ3) is 11.0. The van der Waals surface area contributed by atoms with Crippen LogP contribution in [0.5, 0.6) is 0 Å². The number of rotatable bonds is 1. The maximum Gasteiger partial charge on any atom is 2.00 e. The molecule has 0 radical (unpaired) electrons. The van der Waals surface area contributed by atoms with Crippen LogP contribution < -0.4 is 0 Å². The molecule has 5 heavy (non-hydrogen) atoms. The summed E-state index contributed by atoms with van der Waals surface area (Å²) in [6.07, 6.45) is 0. The zero-order chi connectivity index (χ0) is 3.41. The minimum absolute atomic E-state index is 0. The Balaban J connectivity index is -0.0000000150. The SMILES string of the molecule is OCCO.[Ca+2].[H-].[H-]. The monoisotopic (exact) mass is 104 g/mol. The zero-order valence-corrected chi connectivity index (χ0v) is 5.22. The molecule has 2 nitrogen and oxygen atoms in total. The summed E-state index contributed by atoms with van der Waals surface area (Å²) in [5, 5.41) is 15.2. The fourth-order valence-electron chi connectivity index (χ4n) is 0. The smallest absolute Gasteiger partial charge is 1.00 e. The molecule has 0 spiro atoms. The molecule has 0 saturated carbocycles. The standard InChI is InChI=1S/C2H6O2.Ca.2H/c3-1-2-4;;;/h3-4H,1-2H2;;;/q;+2;2*-1. The Morgan fingerprint density at radius 3 is 1.40 bits per heavy atom. The molecular formula is C2H8CaO2. The van der Waals surface area contributed by atoms with Gasteiger partial charge in [-0.1, -0.05) is 0 Å². The Kier molecular flexibility index (Phi) is 17.0. The van der Waals surface area contributed by atoms with E-state index in [0.29, 0.717) is 0 Å². The van der Waals surface area contributed by atoms with Crippen molar-refractivity contribution in [2.24, 2.45) is 0 Å². The molecule has 3 heteroatoms. The van der Waals surface area contributed by atoms with Crippen LogP contribution in [0.25, 0.3) is 0 Å². The summed E-state index contributed by atoms with van der Waals surface area (Å²) in [4.78, 5) is 0. The van der Waals surface area contributed by atoms with Crippen LogP contribution in [0.15, 0.2) is 0 Å². The summed E-state index contributed by atoms with van der Waals surface area (Å²) < 4.78 is 0. The first kappa shape index (κ1) is 9.49. The van der Waals surface area contributed by atoms with E-state index < -0.39 is 0 Å². The van der Waals surface area contributed by atoms with Gasteiger partial charge in [-0.3, -0.25) is 0 Å². The molecule has 0 rings (SSSR count). The van der Waals surface area contributed by atoms with E-state index in [-0.39, 0.29) is 53.8 Å². The van der Waals surface area contributed by atoms with Crippen molar-refractivity contribution in [1.29, 1.82) is 0 Å². The van der Waals surface area contributed by atoms with Crippen LogP contribution in [0.1, 0.15) is 2.85 Å². The molecule has 0 aliphatic heterocycles. The van der Waals surface area contributed by atoms with Gasteiger partial charge in [-0.2, -0.15) is 0 Å². The number of hydrogen-bond donors (Lipinski definition) is 2. The molecule has 0 unspecified atom stereocenters. The van der Waals surface area contributed by atoms with Crippen LogP contribution in [0, 0.1) is 0 Å². The quantitative estimate of drug-likeness (QED) is 0.411. The molecule has 0 aliphatic carbocycles. The molecule has 0 aromatic carbocycles. The van der Waals surface area contributed by atoms with Crippen LogP contribution in [0.4, 0.5) is 0 Å². The molecule has 0 amide bonds. The van der Waals surface area contributed by atoms with Crippen molar-refractivity contribution in [2.45, 2.75) is 0 Å². The minimum Gasteiger partial charge on any atom is -1.00 e. The average Bonchev–Trinajstić information content (AvgIpc) is 1.37. The van der Waals surface area contributed by atoms with E-state index in [1.807, 2.05) is 0 Å². The topological polar surface area (TPSA) is 40.5 Å². The van der Waals surface area contributed by atoms with Crippen LogP contribution in [-0.4, -0.2) is 61.2 Å². The molecular weight excluding hydrogens is 96.1 g/mol. The first-order valence-corrected chi connectivity index (χ1v) is 1.13. The third-order valence-electron chi connectivity index (χ3n) is 0.1000. The predicted octanol–water partition coefficient (Wildman–Crippen LogP) is -1.18. The fraction of sp³-hybridized carbons (Fsp3) is 1.00. The van der Waals surface area contributed by atoms with Gasteiger partial charge in [0.2, 0.25) is 0 Å². The molecule has 0 fully saturated rings. The van der Waals surface area contributed by atoms with Gasteiger partial charge >= 0.3 is 37.7 Å². The molecule has 0 aromatic rings. The largest absolute Gasteiger partial charge is 2.00 e. The van der Waals surface area contributed by atoms with Crippen molar-refractivity contribution in [3.05, 3.63) is 0 Å². The van der Waals surface area contributed by atoms with E-state index in [1.54, 1.807) is 0 Å². The predicted molar refractivity (Wildman–Crippen MR) is 22.1 cm³/mol. The van der Waals surface area contributed by atoms with E-state index in [1.165, 1.54) is 0 Å². The Bertz CT molecular complexity index is 15.7. The van der Waals surface area contributed by atoms with Crippen molar-refractivity contribution in [1.82, 2.24) is 0 Å². The van der Waals surface area contributed by atoms with Gasteiger partial charge in [0, 0.05) is 0 Å². The van der Waals surface area contributed by atoms with E-state index >= 15 is 0 Å². The minimum atomic E-state index is -0.125. The second-order valence-electron chi connectivity index (χ2n) is 0.447. The molecule has 0 bridgehead atoms. The van der Waals surface area contributed by atoms with Gasteiger partial charge < -0.3 is 13.1 Å². The Hall–Kier alpha value is 1.18. The third-order valence-corrected chi connectivity index (χ3v) is 0.1000. The number of hydrogen-bond acceptors (Lipinski definition) is 2. The summed E-state index contributed by atoms with van der Waals surface area (Å²) in [5.74, 6) is 0. The van der Waals surface area contributed by atoms with Crippen molar-refractivity contribution >= 4 is 37.7 Å². The first-order chi connectivity index (χ1) is 1.91. The van der Waals surface area contributed by atoms with Crippen molar-refractivity contribution in [3.8, 4) is 0 Å². The number of aliphatic hydroxyl groups excluding tert-OH is 2.